The summed E-state index contributed by atoms with van der Waals surface area (Å²) in [6, 6.07) is 6.46. The number of nitrogens with one attached hydrogen (secondary N) is 2. The van der Waals surface area contributed by atoms with Gasteiger partial charge in [0.2, 0.25) is 0 Å². The van der Waals surface area contributed by atoms with Gasteiger partial charge in [-0.25, -0.2) is 4.99 Å². The SMILES string of the molecule is CCNC(=NCc1ccc([N+](=O)[O-])cc1)NCCCCOCC. The minimum atomic E-state index is -0.402. The normalized spacial score (nSPS) is 11.3. The maximum Gasteiger partial charge on any atom is 0.269 e. The standard InChI is InChI=1S/C16H26N4O3/c1-3-17-16(18-11-5-6-12-23-4-2)19-13-14-7-9-15(10-8-14)20(21)22/h7-10H,3-6,11-13H2,1-2H3,(H2,17,18,19). The van der Waals surface area contributed by atoms with E-state index in [1.807, 2.05) is 13.8 Å². The number of nitrogens with zero attached hydrogens (tertiary/aromatic N) is 2. The number of nitro benzene ring substituents is 1. The molecule has 23 heavy (non-hydrogen) atoms. The topological polar surface area (TPSA) is 88.8 Å². The van der Waals surface area contributed by atoms with E-state index in [9.17, 15) is 10.1 Å². The molecule has 0 saturated heterocycles. The van der Waals surface area contributed by atoms with Gasteiger partial charge in [-0.1, -0.05) is 12.1 Å². The molecule has 1 aromatic rings. The lowest BCUT2D eigenvalue weighted by atomic mass is 10.2. The summed E-state index contributed by atoms with van der Waals surface area (Å²) in [5, 5.41) is 17.1. The molecule has 0 saturated carbocycles. The van der Waals surface area contributed by atoms with Crippen molar-refractivity contribution in [2.24, 2.45) is 4.99 Å². The summed E-state index contributed by atoms with van der Waals surface area (Å²) < 4.78 is 5.30. The van der Waals surface area contributed by atoms with Crippen LogP contribution >= 0.6 is 0 Å². The summed E-state index contributed by atoms with van der Waals surface area (Å²) in [6.45, 7) is 7.64. The van der Waals surface area contributed by atoms with E-state index in [-0.39, 0.29) is 5.69 Å². The number of benzene rings is 1. The average molecular weight is 322 g/mol. The second kappa shape index (κ2) is 11.4. The van der Waals surface area contributed by atoms with Gasteiger partial charge in [-0.15, -0.1) is 0 Å². The first-order valence-electron chi connectivity index (χ1n) is 8.00. The van der Waals surface area contributed by atoms with Crippen LogP contribution in [0, 0.1) is 10.1 Å². The molecular weight excluding hydrogens is 296 g/mol. The molecule has 0 atom stereocenters. The Morgan fingerprint density at radius 1 is 1.22 bits per heavy atom. The lowest BCUT2D eigenvalue weighted by Gasteiger charge is -2.11. The third-order valence-electron chi connectivity index (χ3n) is 3.12. The first-order chi connectivity index (χ1) is 11.2. The summed E-state index contributed by atoms with van der Waals surface area (Å²) in [7, 11) is 0. The molecule has 0 aliphatic carbocycles. The largest absolute Gasteiger partial charge is 0.382 e. The quantitative estimate of drug-likeness (QED) is 0.227. The van der Waals surface area contributed by atoms with E-state index in [2.05, 4.69) is 15.6 Å². The van der Waals surface area contributed by atoms with Gasteiger partial charge in [-0.05, 0) is 32.3 Å². The monoisotopic (exact) mass is 322 g/mol. The van der Waals surface area contributed by atoms with Crippen LogP contribution in [0.5, 0.6) is 0 Å². The van der Waals surface area contributed by atoms with Crippen LogP contribution in [0.25, 0.3) is 0 Å². The maximum atomic E-state index is 10.6. The average Bonchev–Trinajstić information content (AvgIpc) is 2.56. The Bertz CT molecular complexity index is 489. The Morgan fingerprint density at radius 3 is 2.57 bits per heavy atom. The van der Waals surface area contributed by atoms with Crippen molar-refractivity contribution in [3.05, 3.63) is 39.9 Å². The second-order valence-electron chi connectivity index (χ2n) is 4.95. The summed E-state index contributed by atoms with van der Waals surface area (Å²) in [4.78, 5) is 14.7. The van der Waals surface area contributed by atoms with Crippen LogP contribution in [0.2, 0.25) is 0 Å². The number of ether oxygens (including phenoxy) is 1. The molecule has 128 valence electrons. The van der Waals surface area contributed by atoms with Gasteiger partial charge in [0.15, 0.2) is 5.96 Å². The zero-order valence-corrected chi connectivity index (χ0v) is 13.9. The Kier molecular flexibility index (Phi) is 9.38. The molecule has 0 unspecified atom stereocenters. The Morgan fingerprint density at radius 2 is 1.96 bits per heavy atom. The van der Waals surface area contributed by atoms with Crippen LogP contribution in [-0.4, -0.2) is 37.2 Å². The van der Waals surface area contributed by atoms with Gasteiger partial charge in [0, 0.05) is 38.4 Å². The van der Waals surface area contributed by atoms with Crippen molar-refractivity contribution < 1.29 is 9.66 Å². The van der Waals surface area contributed by atoms with E-state index in [1.54, 1.807) is 12.1 Å². The van der Waals surface area contributed by atoms with Gasteiger partial charge in [-0.3, -0.25) is 10.1 Å². The molecule has 0 amide bonds. The summed E-state index contributed by atoms with van der Waals surface area (Å²) in [5.74, 6) is 0.752. The van der Waals surface area contributed by atoms with Crippen LogP contribution in [0.3, 0.4) is 0 Å². The third-order valence-corrected chi connectivity index (χ3v) is 3.12. The van der Waals surface area contributed by atoms with E-state index in [0.717, 1.165) is 50.7 Å². The van der Waals surface area contributed by atoms with Gasteiger partial charge in [0.1, 0.15) is 0 Å². The molecule has 1 aromatic carbocycles. The Hall–Kier alpha value is -2.15. The van der Waals surface area contributed by atoms with E-state index >= 15 is 0 Å². The number of nitro groups is 1. The van der Waals surface area contributed by atoms with Crippen molar-refractivity contribution in [1.29, 1.82) is 0 Å². The minimum absolute atomic E-state index is 0.0945. The molecule has 1 rings (SSSR count). The highest BCUT2D eigenvalue weighted by Gasteiger charge is 2.04. The molecule has 2 N–H and O–H groups in total. The molecule has 7 heteroatoms. The van der Waals surface area contributed by atoms with Gasteiger partial charge in [0.05, 0.1) is 11.5 Å². The number of hydrogen-bond donors (Lipinski definition) is 2. The molecule has 0 heterocycles. The smallest absolute Gasteiger partial charge is 0.269 e. The van der Waals surface area contributed by atoms with Crippen molar-refractivity contribution in [2.75, 3.05) is 26.3 Å². The molecule has 7 nitrogen and oxygen atoms in total. The number of unbranched alkanes of at least 4 members (excludes halogenated alkanes) is 1. The Labute approximate surface area is 137 Å². The minimum Gasteiger partial charge on any atom is -0.382 e. The van der Waals surface area contributed by atoms with Crippen LogP contribution in [0.1, 0.15) is 32.3 Å². The van der Waals surface area contributed by atoms with Gasteiger partial charge in [0.25, 0.3) is 5.69 Å². The summed E-state index contributed by atoms with van der Waals surface area (Å²) >= 11 is 0. The summed E-state index contributed by atoms with van der Waals surface area (Å²) in [6.07, 6.45) is 2.03. The third kappa shape index (κ3) is 8.15. The van der Waals surface area contributed by atoms with Gasteiger partial charge in [-0.2, -0.15) is 0 Å². The van der Waals surface area contributed by atoms with E-state index in [0.29, 0.717) is 6.54 Å². The van der Waals surface area contributed by atoms with Gasteiger partial charge < -0.3 is 15.4 Å². The number of hydrogen-bond acceptors (Lipinski definition) is 4. The highest BCUT2D eigenvalue weighted by atomic mass is 16.6. The molecule has 0 aliphatic rings. The zero-order valence-electron chi connectivity index (χ0n) is 13.9. The number of non-ortho nitro benzene ring substituents is 1. The van der Waals surface area contributed by atoms with E-state index in [4.69, 9.17) is 4.74 Å². The molecule has 0 radical (unpaired) electrons. The molecule has 0 spiro atoms. The number of guanidine groups is 1. The highest BCUT2D eigenvalue weighted by Crippen LogP contribution is 2.12. The fourth-order valence-corrected chi connectivity index (χ4v) is 1.92. The Balaban J connectivity index is 2.42. The maximum absolute atomic E-state index is 10.6. The fourth-order valence-electron chi connectivity index (χ4n) is 1.92. The zero-order chi connectivity index (χ0) is 16.9. The van der Waals surface area contributed by atoms with Crippen LogP contribution in [-0.2, 0) is 11.3 Å². The molecule has 0 fully saturated rings. The summed E-state index contributed by atoms with van der Waals surface area (Å²) in [5.41, 5.74) is 1.03. The molecular formula is C16H26N4O3. The lowest BCUT2D eigenvalue weighted by molar-refractivity contribution is -0.384. The van der Waals surface area contributed by atoms with E-state index in [1.165, 1.54) is 12.1 Å². The van der Waals surface area contributed by atoms with Crippen molar-refractivity contribution >= 4 is 11.6 Å². The van der Waals surface area contributed by atoms with Gasteiger partial charge >= 0.3 is 0 Å². The highest BCUT2D eigenvalue weighted by molar-refractivity contribution is 5.79. The fraction of sp³-hybridized carbons (Fsp3) is 0.562. The van der Waals surface area contributed by atoms with Crippen LogP contribution < -0.4 is 10.6 Å². The first-order valence-corrected chi connectivity index (χ1v) is 8.00. The van der Waals surface area contributed by atoms with Crippen LogP contribution in [0.4, 0.5) is 5.69 Å². The lowest BCUT2D eigenvalue weighted by Crippen LogP contribution is -2.37. The second-order valence-corrected chi connectivity index (χ2v) is 4.95. The van der Waals surface area contributed by atoms with Crippen molar-refractivity contribution in [2.45, 2.75) is 33.2 Å². The molecule has 0 bridgehead atoms. The van der Waals surface area contributed by atoms with Crippen molar-refractivity contribution in [3.8, 4) is 0 Å². The molecule has 0 aliphatic heterocycles. The number of aliphatic imine (C=N–C) groups is 1. The first kappa shape index (κ1) is 18.9. The predicted octanol–water partition coefficient (Wildman–Crippen LogP) is 2.47. The van der Waals surface area contributed by atoms with Crippen molar-refractivity contribution in [3.63, 3.8) is 0 Å². The predicted molar refractivity (Wildman–Crippen MR) is 91.6 cm³/mol. The molecule has 0 aromatic heterocycles. The van der Waals surface area contributed by atoms with Crippen LogP contribution in [0.15, 0.2) is 29.3 Å². The number of rotatable bonds is 10. The van der Waals surface area contributed by atoms with Crippen molar-refractivity contribution in [1.82, 2.24) is 10.6 Å². The van der Waals surface area contributed by atoms with E-state index < -0.39 is 4.92 Å².